The minimum Gasteiger partial charge on any atom is -0.368 e. The average molecular weight is 400 g/mol. The molecule has 2 atom stereocenters. The van der Waals surface area contributed by atoms with E-state index in [9.17, 15) is 22.4 Å². The Balaban J connectivity index is 1.90. The molecule has 0 spiro atoms. The van der Waals surface area contributed by atoms with Gasteiger partial charge in [-0.1, -0.05) is 12.2 Å². The summed E-state index contributed by atoms with van der Waals surface area (Å²) in [6.45, 7) is -1.00. The predicted molar refractivity (Wildman–Crippen MR) is 94.7 cm³/mol. The lowest BCUT2D eigenvalue weighted by Gasteiger charge is -2.17. The van der Waals surface area contributed by atoms with Gasteiger partial charge in [0.05, 0.1) is 22.3 Å². The molecule has 144 valence electrons. The van der Waals surface area contributed by atoms with Crippen LogP contribution in [0.2, 0.25) is 0 Å². The second kappa shape index (κ2) is 7.26. The third-order valence-electron chi connectivity index (χ3n) is 4.49. The number of halogens is 4. The molecule has 2 unspecified atom stereocenters. The topological polar surface area (TPSA) is 50.2 Å². The average Bonchev–Trinajstić information content (AvgIpc) is 3.11. The van der Waals surface area contributed by atoms with Crippen LogP contribution in [0.25, 0.3) is 0 Å². The number of aromatic nitrogens is 2. The Hall–Kier alpha value is -2.49. The molecule has 1 N–H and O–H groups in total. The van der Waals surface area contributed by atoms with Gasteiger partial charge in [-0.25, -0.2) is 13.5 Å². The number of hydrogen-bond acceptors (Lipinski definition) is 3. The van der Waals surface area contributed by atoms with Crippen LogP contribution in [0.1, 0.15) is 23.9 Å². The van der Waals surface area contributed by atoms with Crippen molar-refractivity contribution in [3.05, 3.63) is 47.3 Å². The molecule has 1 amide bonds. The highest BCUT2D eigenvalue weighted by Gasteiger charge is 2.43. The summed E-state index contributed by atoms with van der Waals surface area (Å²) in [4.78, 5) is 14.7. The summed E-state index contributed by atoms with van der Waals surface area (Å²) in [7, 11) is 1.68. The number of likely N-dealkylation sites (tertiary alicyclic amines) is 1. The zero-order valence-corrected chi connectivity index (χ0v) is 15.2. The van der Waals surface area contributed by atoms with Gasteiger partial charge in [0, 0.05) is 31.3 Å². The van der Waals surface area contributed by atoms with E-state index in [1.54, 1.807) is 11.9 Å². The summed E-state index contributed by atoms with van der Waals surface area (Å²) >= 11 is 5.31. The van der Waals surface area contributed by atoms with E-state index in [1.165, 1.54) is 13.0 Å². The highest BCUT2D eigenvalue weighted by molar-refractivity contribution is 7.80. The normalized spacial score (nSPS) is 19.8. The molecule has 1 fully saturated rings. The van der Waals surface area contributed by atoms with E-state index in [4.69, 9.17) is 12.2 Å². The van der Waals surface area contributed by atoms with E-state index in [1.807, 2.05) is 0 Å². The summed E-state index contributed by atoms with van der Waals surface area (Å²) in [6, 6.07) is 4.26. The number of aryl methyl sites for hydroxylation is 1. The number of anilines is 1. The van der Waals surface area contributed by atoms with Gasteiger partial charge in [0.1, 0.15) is 11.6 Å². The van der Waals surface area contributed by atoms with Gasteiger partial charge in [-0.05, 0) is 25.1 Å². The van der Waals surface area contributed by atoms with Crippen LogP contribution in [0.5, 0.6) is 0 Å². The van der Waals surface area contributed by atoms with Crippen molar-refractivity contribution in [2.24, 2.45) is 5.92 Å². The molecule has 0 saturated carbocycles. The van der Waals surface area contributed by atoms with E-state index >= 15 is 0 Å². The second-order valence-corrected chi connectivity index (χ2v) is 6.77. The Morgan fingerprint density at radius 1 is 1.33 bits per heavy atom. The second-order valence-electron chi connectivity index (χ2n) is 6.35. The maximum atomic E-state index is 13.8. The molecule has 1 aliphatic rings. The number of carbonyl (C=O) groups excluding carboxylic acids is 1. The molecule has 1 aliphatic heterocycles. The first-order valence-corrected chi connectivity index (χ1v) is 8.45. The van der Waals surface area contributed by atoms with Gasteiger partial charge in [-0.2, -0.15) is 13.9 Å². The van der Waals surface area contributed by atoms with Gasteiger partial charge in [-0.15, -0.1) is 0 Å². The first kappa shape index (κ1) is 19.3. The van der Waals surface area contributed by atoms with Crippen molar-refractivity contribution in [3.8, 4) is 0 Å². The fourth-order valence-electron chi connectivity index (χ4n) is 3.15. The molecule has 1 aromatic carbocycles. The molecule has 2 heterocycles. The molecular weight excluding hydrogens is 384 g/mol. The van der Waals surface area contributed by atoms with E-state index in [0.29, 0.717) is 28.0 Å². The molecule has 1 saturated heterocycles. The number of likely N-dealkylation sites (N-methyl/N-ethyl adjacent to an activating group) is 1. The van der Waals surface area contributed by atoms with Gasteiger partial charge >= 0.3 is 6.55 Å². The lowest BCUT2D eigenvalue weighted by atomic mass is 9.92. The molecule has 10 heteroatoms. The lowest BCUT2D eigenvalue weighted by Crippen LogP contribution is -2.32. The van der Waals surface area contributed by atoms with E-state index in [2.05, 4.69) is 10.4 Å². The first-order valence-electron chi connectivity index (χ1n) is 8.04. The summed E-state index contributed by atoms with van der Waals surface area (Å²) in [5.41, 5.74) is 0.371. The molecule has 0 aliphatic carbocycles. The van der Waals surface area contributed by atoms with Crippen LogP contribution in [0.3, 0.4) is 0 Å². The maximum absolute atomic E-state index is 13.8. The van der Waals surface area contributed by atoms with E-state index in [-0.39, 0.29) is 11.4 Å². The molecular formula is C17H16F4N4OS. The monoisotopic (exact) mass is 400 g/mol. The number of alkyl halides is 2. The standard InChI is InChI=1S/C17H16F4N4OS/c1-8-5-13(23-25(8)17(20)21)10-7-24(2)16(27)14(10)15(26)22-12-4-3-9(18)6-11(12)19/h3-6,10,14,17H,7H2,1-2H3,(H,22,26). The van der Waals surface area contributed by atoms with Gasteiger partial charge in [0.2, 0.25) is 5.91 Å². The van der Waals surface area contributed by atoms with Crippen LogP contribution in [-0.2, 0) is 4.79 Å². The quantitative estimate of drug-likeness (QED) is 0.631. The molecule has 0 radical (unpaired) electrons. The Bertz CT molecular complexity index is 901. The highest BCUT2D eigenvalue weighted by atomic mass is 32.1. The molecule has 0 bridgehead atoms. The summed E-state index contributed by atoms with van der Waals surface area (Å²) in [5.74, 6) is -3.76. The molecule has 5 nitrogen and oxygen atoms in total. The van der Waals surface area contributed by atoms with Crippen molar-refractivity contribution in [1.82, 2.24) is 14.7 Å². The Kier molecular flexibility index (Phi) is 5.18. The SMILES string of the molecule is Cc1cc(C2CN(C)C(=S)C2C(=O)Nc2ccc(F)cc2F)nn1C(F)F. The van der Waals surface area contributed by atoms with E-state index in [0.717, 1.165) is 12.1 Å². The molecule has 2 aromatic rings. The summed E-state index contributed by atoms with van der Waals surface area (Å²) in [6.07, 6.45) is 0. The Morgan fingerprint density at radius 3 is 2.63 bits per heavy atom. The minimum absolute atomic E-state index is 0.188. The van der Waals surface area contributed by atoms with Gasteiger partial charge in [-0.3, -0.25) is 4.79 Å². The molecule has 1 aromatic heterocycles. The van der Waals surface area contributed by atoms with Gasteiger partial charge in [0.15, 0.2) is 0 Å². The zero-order chi connectivity index (χ0) is 19.9. The number of nitrogens with one attached hydrogen (secondary N) is 1. The predicted octanol–water partition coefficient (Wildman–Crippen LogP) is 3.48. The number of carbonyl (C=O) groups is 1. The maximum Gasteiger partial charge on any atom is 0.333 e. The third-order valence-corrected chi connectivity index (χ3v) is 5.06. The summed E-state index contributed by atoms with van der Waals surface area (Å²) in [5, 5.41) is 6.30. The largest absolute Gasteiger partial charge is 0.368 e. The van der Waals surface area contributed by atoms with Gasteiger partial charge < -0.3 is 10.2 Å². The smallest absolute Gasteiger partial charge is 0.333 e. The number of nitrogens with zero attached hydrogens (tertiary/aromatic N) is 3. The number of thiocarbonyl (C=S) groups is 1. The highest BCUT2D eigenvalue weighted by Crippen LogP contribution is 2.35. The van der Waals surface area contributed by atoms with Crippen molar-refractivity contribution in [1.29, 1.82) is 0 Å². The summed E-state index contributed by atoms with van der Waals surface area (Å²) < 4.78 is 53.5. The number of benzene rings is 1. The van der Waals surface area contributed by atoms with Crippen LogP contribution >= 0.6 is 12.2 Å². The fourth-order valence-corrected chi connectivity index (χ4v) is 3.50. The van der Waals surface area contributed by atoms with Crippen molar-refractivity contribution in [2.75, 3.05) is 18.9 Å². The van der Waals surface area contributed by atoms with Crippen LogP contribution in [-0.4, -0.2) is 39.2 Å². The molecule has 3 rings (SSSR count). The minimum atomic E-state index is -2.80. The van der Waals surface area contributed by atoms with Crippen molar-refractivity contribution >= 4 is 28.8 Å². The lowest BCUT2D eigenvalue weighted by molar-refractivity contribution is -0.118. The van der Waals surface area contributed by atoms with Crippen LogP contribution in [0, 0.1) is 24.5 Å². The van der Waals surface area contributed by atoms with Crippen molar-refractivity contribution in [3.63, 3.8) is 0 Å². The Morgan fingerprint density at radius 2 is 2.04 bits per heavy atom. The number of amides is 1. The zero-order valence-electron chi connectivity index (χ0n) is 14.4. The van der Waals surface area contributed by atoms with Gasteiger partial charge in [0.25, 0.3) is 0 Å². The first-order chi connectivity index (χ1) is 12.7. The van der Waals surface area contributed by atoms with Crippen LogP contribution in [0.4, 0.5) is 23.2 Å². The third kappa shape index (κ3) is 3.66. The van der Waals surface area contributed by atoms with Crippen LogP contribution < -0.4 is 5.32 Å². The van der Waals surface area contributed by atoms with E-state index < -0.39 is 35.9 Å². The fraction of sp³-hybridized carbons (Fsp3) is 0.353. The number of rotatable bonds is 4. The van der Waals surface area contributed by atoms with Crippen molar-refractivity contribution < 1.29 is 22.4 Å². The van der Waals surface area contributed by atoms with Crippen LogP contribution in [0.15, 0.2) is 24.3 Å². The Labute approximate surface area is 158 Å². The number of hydrogen-bond donors (Lipinski definition) is 1. The molecule has 27 heavy (non-hydrogen) atoms. The van der Waals surface area contributed by atoms with Crippen molar-refractivity contribution in [2.45, 2.75) is 19.4 Å².